The molecule has 0 spiro atoms. The molecular formula is C18H24N4. The molecule has 2 fully saturated rings. The van der Waals surface area contributed by atoms with E-state index < -0.39 is 0 Å². The first kappa shape index (κ1) is 13.9. The molecule has 22 heavy (non-hydrogen) atoms. The molecule has 2 aromatic rings. The fourth-order valence-corrected chi connectivity index (χ4v) is 3.81. The third-order valence-corrected chi connectivity index (χ3v) is 5.19. The predicted octanol–water partition coefficient (Wildman–Crippen LogP) is 3.60. The van der Waals surface area contributed by atoms with Gasteiger partial charge in [-0.2, -0.15) is 0 Å². The van der Waals surface area contributed by atoms with Gasteiger partial charge >= 0.3 is 0 Å². The number of H-pyrrole nitrogens is 1. The van der Waals surface area contributed by atoms with Crippen molar-refractivity contribution in [1.82, 2.24) is 20.3 Å². The van der Waals surface area contributed by atoms with Gasteiger partial charge in [-0.15, -0.1) is 0 Å². The van der Waals surface area contributed by atoms with Gasteiger partial charge in [0.2, 0.25) is 0 Å². The summed E-state index contributed by atoms with van der Waals surface area (Å²) in [7, 11) is 0. The maximum Gasteiger partial charge on any atom is 0.109 e. The van der Waals surface area contributed by atoms with E-state index in [0.717, 1.165) is 30.2 Å². The van der Waals surface area contributed by atoms with Crippen LogP contribution in [0, 0.1) is 0 Å². The Labute approximate surface area is 131 Å². The predicted molar refractivity (Wildman–Crippen MR) is 87.9 cm³/mol. The summed E-state index contributed by atoms with van der Waals surface area (Å²) >= 11 is 0. The van der Waals surface area contributed by atoms with Gasteiger partial charge in [0.15, 0.2) is 0 Å². The van der Waals surface area contributed by atoms with Crippen molar-refractivity contribution in [3.05, 3.63) is 36.0 Å². The molecule has 0 aromatic carbocycles. The van der Waals surface area contributed by atoms with Crippen molar-refractivity contribution in [2.24, 2.45) is 0 Å². The lowest BCUT2D eigenvalue weighted by Gasteiger charge is -2.20. The molecule has 2 aromatic heterocycles. The summed E-state index contributed by atoms with van der Waals surface area (Å²) in [5.74, 6) is 2.39. The van der Waals surface area contributed by atoms with Gasteiger partial charge in [-0.05, 0) is 50.9 Å². The summed E-state index contributed by atoms with van der Waals surface area (Å²) < 4.78 is 0. The minimum atomic E-state index is 0.570. The van der Waals surface area contributed by atoms with Crippen molar-refractivity contribution in [3.63, 3.8) is 0 Å². The molecule has 0 radical (unpaired) electrons. The second kappa shape index (κ2) is 6.21. The molecule has 116 valence electrons. The molecule has 1 saturated carbocycles. The number of nitrogens with one attached hydrogen (secondary N) is 2. The molecule has 0 bridgehead atoms. The van der Waals surface area contributed by atoms with Gasteiger partial charge in [0, 0.05) is 29.3 Å². The molecule has 1 saturated heterocycles. The van der Waals surface area contributed by atoms with Crippen molar-refractivity contribution in [2.75, 3.05) is 13.1 Å². The Balaban J connectivity index is 1.50. The molecule has 4 rings (SSSR count). The van der Waals surface area contributed by atoms with Crippen molar-refractivity contribution in [1.29, 1.82) is 0 Å². The number of aromatic nitrogens is 3. The Hall–Kier alpha value is -1.68. The third kappa shape index (κ3) is 2.80. The summed E-state index contributed by atoms with van der Waals surface area (Å²) in [5, 5.41) is 3.40. The highest BCUT2D eigenvalue weighted by atomic mass is 14.9. The summed E-state index contributed by atoms with van der Waals surface area (Å²) in [4.78, 5) is 12.8. The Morgan fingerprint density at radius 1 is 0.864 bits per heavy atom. The first-order valence-electron chi connectivity index (χ1n) is 8.62. The van der Waals surface area contributed by atoms with Crippen molar-refractivity contribution in [3.8, 4) is 11.3 Å². The average molecular weight is 296 g/mol. The number of imidazole rings is 1. The van der Waals surface area contributed by atoms with Crippen molar-refractivity contribution < 1.29 is 0 Å². The minimum Gasteiger partial charge on any atom is -0.342 e. The highest BCUT2D eigenvalue weighted by Crippen LogP contribution is 2.33. The molecule has 1 aliphatic heterocycles. The number of hydrogen-bond acceptors (Lipinski definition) is 3. The van der Waals surface area contributed by atoms with Gasteiger partial charge in [-0.25, -0.2) is 4.98 Å². The second-order valence-corrected chi connectivity index (χ2v) is 6.66. The summed E-state index contributed by atoms with van der Waals surface area (Å²) in [5.41, 5.74) is 3.51. The molecule has 4 heteroatoms. The van der Waals surface area contributed by atoms with Crippen LogP contribution < -0.4 is 5.32 Å². The van der Waals surface area contributed by atoms with Gasteiger partial charge in [0.05, 0.1) is 11.9 Å². The summed E-state index contributed by atoms with van der Waals surface area (Å²) in [6.45, 7) is 2.19. The fraction of sp³-hybridized carbons (Fsp3) is 0.556. The number of rotatable bonds is 3. The van der Waals surface area contributed by atoms with Gasteiger partial charge < -0.3 is 10.3 Å². The average Bonchev–Trinajstić information content (AvgIpc) is 3.28. The van der Waals surface area contributed by atoms with Crippen LogP contribution in [0.4, 0.5) is 0 Å². The lowest BCUT2D eigenvalue weighted by atomic mass is 9.98. The Kier molecular flexibility index (Phi) is 3.94. The maximum atomic E-state index is 4.70. The second-order valence-electron chi connectivity index (χ2n) is 6.66. The Morgan fingerprint density at radius 2 is 1.68 bits per heavy atom. The van der Waals surface area contributed by atoms with E-state index in [9.17, 15) is 0 Å². The molecule has 0 atom stereocenters. The number of pyridine rings is 1. The van der Waals surface area contributed by atoms with Crippen LogP contribution in [0.2, 0.25) is 0 Å². The topological polar surface area (TPSA) is 53.6 Å². The zero-order chi connectivity index (χ0) is 14.8. The monoisotopic (exact) mass is 296 g/mol. The maximum absolute atomic E-state index is 4.70. The van der Waals surface area contributed by atoms with Crippen LogP contribution in [-0.2, 0) is 0 Å². The molecule has 0 unspecified atom stereocenters. The van der Waals surface area contributed by atoms with Crippen LogP contribution in [-0.4, -0.2) is 28.0 Å². The Bertz CT molecular complexity index is 604. The first-order chi connectivity index (χ1) is 10.9. The molecule has 2 N–H and O–H groups in total. The van der Waals surface area contributed by atoms with E-state index in [4.69, 9.17) is 4.98 Å². The highest BCUT2D eigenvalue weighted by molar-refractivity contribution is 5.57. The summed E-state index contributed by atoms with van der Waals surface area (Å²) in [6, 6.07) is 4.40. The quantitative estimate of drug-likeness (QED) is 0.910. The standard InChI is InChI=1S/C18H24N4/c1-2-4-13(3-1)16-6-5-15(11-20-16)17-12-21-18(22-17)14-7-9-19-10-8-14/h5-6,11-14,19H,1-4,7-10H2,(H,21,22). The SMILES string of the molecule is c1cc(C2CCCC2)ncc1-c1cnc(C2CCNCC2)[nH]1. The molecule has 2 aliphatic rings. The van der Waals surface area contributed by atoms with Gasteiger partial charge in [0.25, 0.3) is 0 Å². The zero-order valence-electron chi connectivity index (χ0n) is 13.0. The van der Waals surface area contributed by atoms with Crippen LogP contribution in [0.1, 0.15) is 61.9 Å². The van der Waals surface area contributed by atoms with Gasteiger partial charge in [-0.1, -0.05) is 12.8 Å². The number of piperidine rings is 1. The smallest absolute Gasteiger partial charge is 0.109 e. The fourth-order valence-electron chi connectivity index (χ4n) is 3.81. The first-order valence-corrected chi connectivity index (χ1v) is 8.62. The number of hydrogen-bond donors (Lipinski definition) is 2. The molecule has 3 heterocycles. The Morgan fingerprint density at radius 3 is 2.41 bits per heavy atom. The van der Waals surface area contributed by atoms with E-state index in [-0.39, 0.29) is 0 Å². The van der Waals surface area contributed by atoms with Gasteiger partial charge in [-0.3, -0.25) is 4.98 Å². The zero-order valence-corrected chi connectivity index (χ0v) is 13.0. The van der Waals surface area contributed by atoms with E-state index >= 15 is 0 Å². The van der Waals surface area contributed by atoms with Crippen LogP contribution in [0.25, 0.3) is 11.3 Å². The van der Waals surface area contributed by atoms with Crippen LogP contribution >= 0.6 is 0 Å². The normalized spacial score (nSPS) is 20.5. The molecule has 0 amide bonds. The van der Waals surface area contributed by atoms with Crippen LogP contribution in [0.15, 0.2) is 24.5 Å². The van der Waals surface area contributed by atoms with E-state index in [1.807, 2.05) is 12.4 Å². The van der Waals surface area contributed by atoms with Gasteiger partial charge in [0.1, 0.15) is 5.82 Å². The van der Waals surface area contributed by atoms with Crippen LogP contribution in [0.5, 0.6) is 0 Å². The number of nitrogens with zero attached hydrogens (tertiary/aromatic N) is 2. The van der Waals surface area contributed by atoms with E-state index in [0.29, 0.717) is 11.8 Å². The minimum absolute atomic E-state index is 0.570. The van der Waals surface area contributed by atoms with Crippen molar-refractivity contribution in [2.45, 2.75) is 50.4 Å². The number of aromatic amines is 1. The largest absolute Gasteiger partial charge is 0.342 e. The van der Waals surface area contributed by atoms with Crippen molar-refractivity contribution >= 4 is 0 Å². The molecule has 1 aliphatic carbocycles. The van der Waals surface area contributed by atoms with E-state index in [1.165, 1.54) is 44.2 Å². The third-order valence-electron chi connectivity index (χ3n) is 5.19. The summed E-state index contributed by atoms with van der Waals surface area (Å²) in [6.07, 6.45) is 11.6. The lowest BCUT2D eigenvalue weighted by molar-refractivity contribution is 0.447. The highest BCUT2D eigenvalue weighted by Gasteiger charge is 2.20. The molecular weight excluding hydrogens is 272 g/mol. The van der Waals surface area contributed by atoms with Crippen LogP contribution in [0.3, 0.4) is 0 Å². The molecule has 4 nitrogen and oxygen atoms in total. The van der Waals surface area contributed by atoms with E-state index in [1.54, 1.807) is 0 Å². The lowest BCUT2D eigenvalue weighted by Crippen LogP contribution is -2.27. The van der Waals surface area contributed by atoms with E-state index in [2.05, 4.69) is 27.4 Å².